The van der Waals surface area contributed by atoms with Crippen molar-refractivity contribution < 1.29 is 37.9 Å². The number of benzene rings is 1. The number of aromatic nitrogens is 1. The summed E-state index contributed by atoms with van der Waals surface area (Å²) in [7, 11) is -3.35. The van der Waals surface area contributed by atoms with Gasteiger partial charge in [-0.1, -0.05) is 19.9 Å². The van der Waals surface area contributed by atoms with Crippen molar-refractivity contribution in [2.75, 3.05) is 26.7 Å². The average Bonchev–Trinajstić information content (AvgIpc) is 3.65. The molecule has 48 heavy (non-hydrogen) atoms. The molecular weight excluding hydrogens is 658 g/mol. The summed E-state index contributed by atoms with van der Waals surface area (Å²) in [5.41, 5.74) is 0.813. The van der Waals surface area contributed by atoms with Crippen molar-refractivity contribution in [1.29, 1.82) is 0 Å². The van der Waals surface area contributed by atoms with E-state index in [2.05, 4.69) is 24.1 Å². The number of amides is 3. The van der Waals surface area contributed by atoms with Crippen molar-refractivity contribution in [3.63, 3.8) is 0 Å². The van der Waals surface area contributed by atoms with Crippen molar-refractivity contribution >= 4 is 46.7 Å². The van der Waals surface area contributed by atoms with Gasteiger partial charge in [0.1, 0.15) is 11.8 Å². The molecule has 0 bridgehead atoms. The summed E-state index contributed by atoms with van der Waals surface area (Å²) in [5, 5.41) is 3.43. The molecule has 11 nitrogen and oxygen atoms in total. The number of nitrogens with one attached hydrogen (secondary N) is 1. The molecule has 3 N–H and O–H groups in total. The lowest BCUT2D eigenvalue weighted by atomic mass is 9.81. The smallest absolute Gasteiger partial charge is 0.363 e. The van der Waals surface area contributed by atoms with Crippen LogP contribution in [0.5, 0.6) is 5.75 Å². The van der Waals surface area contributed by atoms with Crippen LogP contribution in [0.3, 0.4) is 0 Å². The standard InChI is InChI=1S/C34H42FN4O7PS/c1-19(2)20-4-5-22(15-37-32(40)30-14-23-12-21(6-9-29(23)48-30)31(35)47(43,44)45)33(41)39-25(13-20)7-8-27(39)34(42)38-17-24(18-38)26-16-36-11-10-28(26)46-3/h6,9-12,14,16,19-20,22,24-25,27,31H,4-5,7-8,13,15,17-18H2,1-3H3,(H,37,40)(H2,43,44,45)/t20-,22?,25-,27+,31?/m1/s1. The number of methoxy groups -OCH3 is 1. The first-order chi connectivity index (χ1) is 22.8. The van der Waals surface area contributed by atoms with Gasteiger partial charge in [0.2, 0.25) is 17.7 Å². The Kier molecular flexibility index (Phi) is 9.95. The maximum absolute atomic E-state index is 14.3. The van der Waals surface area contributed by atoms with E-state index in [0.29, 0.717) is 52.7 Å². The summed E-state index contributed by atoms with van der Waals surface area (Å²) in [6.45, 7) is 5.58. The molecule has 0 spiro atoms. The van der Waals surface area contributed by atoms with E-state index in [-0.39, 0.29) is 41.8 Å². The number of rotatable bonds is 9. The number of carbonyl (C=O) groups excluding carboxylic acids is 3. The Morgan fingerprint density at radius 3 is 2.62 bits per heavy atom. The number of hydrogen-bond acceptors (Lipinski definition) is 7. The predicted octanol–water partition coefficient (Wildman–Crippen LogP) is 5.24. The van der Waals surface area contributed by atoms with E-state index in [9.17, 15) is 33.1 Å². The van der Waals surface area contributed by atoms with E-state index in [1.807, 2.05) is 15.9 Å². The van der Waals surface area contributed by atoms with E-state index in [1.54, 1.807) is 25.6 Å². The number of pyridine rings is 1. The number of likely N-dealkylation sites (tertiary alicyclic amines) is 1. The van der Waals surface area contributed by atoms with Crippen LogP contribution in [0.4, 0.5) is 4.39 Å². The highest BCUT2D eigenvalue weighted by Gasteiger charge is 2.48. The number of carbonyl (C=O) groups is 3. The second kappa shape index (κ2) is 13.9. The van der Waals surface area contributed by atoms with Crippen molar-refractivity contribution in [3.05, 3.63) is 58.7 Å². The molecule has 3 saturated heterocycles. The summed E-state index contributed by atoms with van der Waals surface area (Å²) in [4.78, 5) is 68.1. The zero-order valence-corrected chi connectivity index (χ0v) is 29.0. The number of hydrogen-bond donors (Lipinski definition) is 3. The van der Waals surface area contributed by atoms with E-state index < -0.39 is 25.5 Å². The Hall–Kier alpha value is -3.38. The maximum atomic E-state index is 14.3. The first-order valence-electron chi connectivity index (χ1n) is 16.5. The van der Waals surface area contributed by atoms with E-state index in [0.717, 1.165) is 30.6 Å². The predicted molar refractivity (Wildman–Crippen MR) is 179 cm³/mol. The molecule has 5 heterocycles. The molecule has 14 heteroatoms. The van der Waals surface area contributed by atoms with E-state index >= 15 is 0 Å². The lowest BCUT2D eigenvalue weighted by Crippen LogP contribution is -2.58. The molecular formula is C34H42FN4O7PS. The second-order valence-corrected chi connectivity index (χ2v) is 16.3. The highest BCUT2D eigenvalue weighted by molar-refractivity contribution is 7.51. The molecule has 3 aromatic rings. The summed E-state index contributed by atoms with van der Waals surface area (Å²) >= 11 is 1.18. The van der Waals surface area contributed by atoms with Crippen LogP contribution >= 0.6 is 18.9 Å². The molecule has 3 amide bonds. The Morgan fingerprint density at radius 2 is 1.92 bits per heavy atom. The molecule has 3 aliphatic heterocycles. The quantitative estimate of drug-likeness (QED) is 0.257. The van der Waals surface area contributed by atoms with Gasteiger partial charge in [-0.15, -0.1) is 11.3 Å². The van der Waals surface area contributed by atoms with Crippen molar-refractivity contribution in [3.8, 4) is 5.75 Å². The number of alkyl halides is 1. The van der Waals surface area contributed by atoms with Crippen LogP contribution in [0.1, 0.15) is 78.6 Å². The molecule has 3 fully saturated rings. The fraction of sp³-hybridized carbons (Fsp3) is 0.529. The van der Waals surface area contributed by atoms with Crippen LogP contribution in [0.25, 0.3) is 10.1 Å². The Balaban J connectivity index is 1.15. The van der Waals surface area contributed by atoms with Gasteiger partial charge in [0, 0.05) is 54.3 Å². The van der Waals surface area contributed by atoms with Crippen molar-refractivity contribution in [2.24, 2.45) is 17.8 Å². The molecule has 0 saturated carbocycles. The normalized spacial score (nSPS) is 24.2. The minimum atomic E-state index is -4.97. The average molecular weight is 701 g/mol. The van der Waals surface area contributed by atoms with Crippen molar-refractivity contribution in [1.82, 2.24) is 20.1 Å². The van der Waals surface area contributed by atoms with Crippen LogP contribution in [-0.2, 0) is 14.2 Å². The molecule has 3 aliphatic rings. The minimum Gasteiger partial charge on any atom is -0.496 e. The summed E-state index contributed by atoms with van der Waals surface area (Å²) < 4.78 is 31.9. The largest absolute Gasteiger partial charge is 0.496 e. The Labute approximate surface area is 283 Å². The Bertz CT molecular complexity index is 1740. The van der Waals surface area contributed by atoms with Gasteiger partial charge in [-0.05, 0) is 79.2 Å². The lowest BCUT2D eigenvalue weighted by Gasteiger charge is -2.44. The van der Waals surface area contributed by atoms with Gasteiger partial charge >= 0.3 is 7.60 Å². The maximum Gasteiger partial charge on any atom is 0.363 e. The molecule has 258 valence electrons. The monoisotopic (exact) mass is 700 g/mol. The highest BCUT2D eigenvalue weighted by Crippen LogP contribution is 2.53. The van der Waals surface area contributed by atoms with Crippen LogP contribution in [0.2, 0.25) is 0 Å². The number of nitrogens with zero attached hydrogens (tertiary/aromatic N) is 3. The first kappa shape index (κ1) is 34.5. The molecule has 1 aromatic carbocycles. The molecule has 2 unspecified atom stereocenters. The lowest BCUT2D eigenvalue weighted by molar-refractivity contribution is -0.151. The Morgan fingerprint density at radius 1 is 1.15 bits per heavy atom. The zero-order chi connectivity index (χ0) is 34.3. The fourth-order valence-corrected chi connectivity index (χ4v) is 8.98. The van der Waals surface area contributed by atoms with Gasteiger partial charge in [0.25, 0.3) is 5.91 Å². The van der Waals surface area contributed by atoms with E-state index in [1.165, 1.54) is 29.5 Å². The van der Waals surface area contributed by atoms with Gasteiger partial charge in [0.05, 0.1) is 17.9 Å². The highest BCUT2D eigenvalue weighted by atomic mass is 32.1. The first-order valence-corrected chi connectivity index (χ1v) is 18.9. The third-order valence-corrected chi connectivity index (χ3v) is 12.3. The molecule has 0 aliphatic carbocycles. The van der Waals surface area contributed by atoms with Gasteiger partial charge in [-0.3, -0.25) is 23.9 Å². The summed E-state index contributed by atoms with van der Waals surface area (Å²) in [6, 6.07) is 7.00. The van der Waals surface area contributed by atoms with Gasteiger partial charge in [-0.25, -0.2) is 4.39 Å². The third-order valence-electron chi connectivity index (χ3n) is 10.3. The third kappa shape index (κ3) is 6.88. The van der Waals surface area contributed by atoms with Crippen LogP contribution in [0.15, 0.2) is 42.7 Å². The van der Waals surface area contributed by atoms with Crippen molar-refractivity contribution in [2.45, 2.75) is 69.9 Å². The van der Waals surface area contributed by atoms with Gasteiger partial charge in [-0.2, -0.15) is 0 Å². The summed E-state index contributed by atoms with van der Waals surface area (Å²) in [6.07, 6.45) is 7.14. The second-order valence-electron chi connectivity index (χ2n) is 13.6. The minimum absolute atomic E-state index is 0.0305. The SMILES string of the molecule is COc1ccncc1C1CN(C(=O)[C@@H]2CC[C@@H]3C[C@H](C(C)C)CCC(CNC(=O)c4cc5cc(C(F)P(=O)(O)O)ccc5s4)C(=O)N32)C1. The molecule has 5 atom stereocenters. The van der Waals surface area contributed by atoms with Crippen LogP contribution < -0.4 is 10.1 Å². The number of fused-ring (bicyclic) bond motifs is 2. The van der Waals surface area contributed by atoms with Crippen LogP contribution in [0, 0.1) is 17.8 Å². The zero-order valence-electron chi connectivity index (χ0n) is 27.3. The number of ether oxygens (including phenoxy) is 1. The fourth-order valence-electron chi connectivity index (χ4n) is 7.47. The van der Waals surface area contributed by atoms with E-state index in [4.69, 9.17) is 4.74 Å². The molecule has 0 radical (unpaired) electrons. The topological polar surface area (TPSA) is 149 Å². The van der Waals surface area contributed by atoms with Gasteiger partial charge < -0.3 is 29.6 Å². The number of halogens is 1. The molecule has 2 aromatic heterocycles. The summed E-state index contributed by atoms with van der Waals surface area (Å²) in [5.74, 6) is -1.80. The van der Waals surface area contributed by atoms with Crippen LogP contribution in [-0.4, -0.2) is 81.1 Å². The number of thiophene rings is 1. The molecule has 6 rings (SSSR count). The van der Waals surface area contributed by atoms with Gasteiger partial charge in [0.15, 0.2) is 0 Å².